The van der Waals surface area contributed by atoms with Gasteiger partial charge in [-0.1, -0.05) is 13.0 Å². The third-order valence-electron chi connectivity index (χ3n) is 3.25. The highest BCUT2D eigenvalue weighted by Gasteiger charge is 2.32. The highest BCUT2D eigenvalue weighted by Crippen LogP contribution is 2.34. The Morgan fingerprint density at radius 2 is 1.95 bits per heavy atom. The van der Waals surface area contributed by atoms with E-state index in [4.69, 9.17) is 19.2 Å². The lowest BCUT2D eigenvalue weighted by Gasteiger charge is -2.25. The van der Waals surface area contributed by atoms with Crippen molar-refractivity contribution in [3.63, 3.8) is 0 Å². The molecule has 3 N–H and O–H groups in total. The zero-order chi connectivity index (χ0) is 15.4. The molecule has 2 rings (SSSR count). The number of hydrogen-bond donors (Lipinski definition) is 3. The molecule has 1 heterocycles. The van der Waals surface area contributed by atoms with Crippen LogP contribution in [0.3, 0.4) is 0 Å². The molecule has 20 heavy (non-hydrogen) atoms. The minimum atomic E-state index is -4.64. The molecule has 0 fully saturated rings. The van der Waals surface area contributed by atoms with Crippen molar-refractivity contribution in [2.24, 2.45) is 10.9 Å². The van der Waals surface area contributed by atoms with Crippen LogP contribution in [-0.4, -0.2) is 32.9 Å². The van der Waals surface area contributed by atoms with E-state index in [1.54, 1.807) is 6.08 Å². The zero-order valence-corrected chi connectivity index (χ0v) is 12.2. The first-order valence-electron chi connectivity index (χ1n) is 6.46. The van der Waals surface area contributed by atoms with Crippen LogP contribution in [0, 0.1) is 5.92 Å². The van der Waals surface area contributed by atoms with E-state index in [1.807, 2.05) is 0 Å². The summed E-state index contributed by atoms with van der Waals surface area (Å²) in [5, 5.41) is 0. The molecule has 2 aliphatic rings. The summed E-state index contributed by atoms with van der Waals surface area (Å²) in [6.45, 7) is 3.05. The van der Waals surface area contributed by atoms with Crippen LogP contribution in [0.25, 0.3) is 0 Å². The number of alkyl halides is 2. The number of halogens is 2. The first-order chi connectivity index (χ1) is 9.07. The fourth-order valence-corrected chi connectivity index (χ4v) is 2.14. The molecule has 0 saturated carbocycles. The molecule has 8 heteroatoms. The minimum absolute atomic E-state index is 0.00654. The van der Waals surface area contributed by atoms with Gasteiger partial charge in [-0.2, -0.15) is 0 Å². The van der Waals surface area contributed by atoms with E-state index >= 15 is 0 Å². The van der Waals surface area contributed by atoms with E-state index in [1.165, 1.54) is 0 Å². The molecule has 1 aliphatic carbocycles. The molecule has 0 saturated heterocycles. The maximum Gasteiger partial charge on any atom is 0.466 e. The number of rotatable bonds is 1. The molecule has 0 aromatic heterocycles. The Morgan fingerprint density at radius 1 is 1.35 bits per heavy atom. The summed E-state index contributed by atoms with van der Waals surface area (Å²) < 4.78 is 34.7. The van der Waals surface area contributed by atoms with Gasteiger partial charge in [0.05, 0.1) is 0 Å². The average Bonchev–Trinajstić information content (AvgIpc) is 2.28. The van der Waals surface area contributed by atoms with Crippen molar-refractivity contribution in [3.8, 4) is 0 Å². The summed E-state index contributed by atoms with van der Waals surface area (Å²) in [4.78, 5) is 26.0. The summed E-state index contributed by atoms with van der Waals surface area (Å²) >= 11 is 0. The predicted molar refractivity (Wildman–Crippen MR) is 71.8 cm³/mol. The van der Waals surface area contributed by atoms with Crippen LogP contribution >= 0.6 is 7.82 Å². The Bertz CT molecular complexity index is 436. The fourth-order valence-electron chi connectivity index (χ4n) is 2.14. The average molecular weight is 311 g/mol. The first-order valence-corrected chi connectivity index (χ1v) is 8.02. The van der Waals surface area contributed by atoms with Crippen molar-refractivity contribution in [3.05, 3.63) is 11.6 Å². The zero-order valence-electron chi connectivity index (χ0n) is 11.3. The molecule has 1 unspecified atom stereocenters. The normalized spacial score (nSPS) is 26.0. The van der Waals surface area contributed by atoms with Gasteiger partial charge >= 0.3 is 7.82 Å². The van der Waals surface area contributed by atoms with Crippen molar-refractivity contribution in [1.29, 1.82) is 0 Å². The van der Waals surface area contributed by atoms with E-state index in [0.717, 1.165) is 30.7 Å². The van der Waals surface area contributed by atoms with Gasteiger partial charge in [0, 0.05) is 25.1 Å². The summed E-state index contributed by atoms with van der Waals surface area (Å²) in [5.41, 5.74) is 2.16. The number of phosphoric acid groups is 1. The predicted octanol–water partition coefficient (Wildman–Crippen LogP) is 2.67. The second-order valence-corrected chi connectivity index (χ2v) is 6.26. The van der Waals surface area contributed by atoms with Crippen LogP contribution < -0.4 is 0 Å². The van der Waals surface area contributed by atoms with E-state index in [0.29, 0.717) is 12.3 Å². The van der Waals surface area contributed by atoms with Gasteiger partial charge in [0.1, 0.15) is 0 Å². The lowest BCUT2D eigenvalue weighted by Crippen LogP contribution is -2.23. The van der Waals surface area contributed by atoms with Crippen molar-refractivity contribution in [2.75, 3.05) is 6.54 Å². The van der Waals surface area contributed by atoms with Crippen LogP contribution in [0.4, 0.5) is 8.78 Å². The van der Waals surface area contributed by atoms with Crippen LogP contribution in [0.2, 0.25) is 0 Å². The molecule has 1 aliphatic heterocycles. The summed E-state index contributed by atoms with van der Waals surface area (Å²) in [5.74, 6) is -1.83. The fraction of sp³-hybridized carbons (Fsp3) is 0.750. The van der Waals surface area contributed by atoms with Crippen LogP contribution in [0.15, 0.2) is 16.6 Å². The molecule has 0 amide bonds. The first kappa shape index (κ1) is 17.4. The second kappa shape index (κ2) is 6.89. The van der Waals surface area contributed by atoms with Gasteiger partial charge in [-0.05, 0) is 30.8 Å². The van der Waals surface area contributed by atoms with Gasteiger partial charge in [-0.3, -0.25) is 4.99 Å². The van der Waals surface area contributed by atoms with Gasteiger partial charge < -0.3 is 14.7 Å². The van der Waals surface area contributed by atoms with Gasteiger partial charge in [-0.15, -0.1) is 0 Å². The molecule has 0 aromatic rings. The van der Waals surface area contributed by atoms with Crippen molar-refractivity contribution < 1.29 is 28.0 Å². The molecule has 5 nitrogen and oxygen atoms in total. The van der Waals surface area contributed by atoms with Gasteiger partial charge in [0.2, 0.25) is 0 Å². The van der Waals surface area contributed by atoms with E-state index in [9.17, 15) is 8.78 Å². The van der Waals surface area contributed by atoms with Crippen LogP contribution in [0.1, 0.15) is 39.0 Å². The maximum absolute atomic E-state index is 12.9. The maximum atomic E-state index is 12.9. The molecular formula is C12H20F2NO4P. The van der Waals surface area contributed by atoms with Crippen molar-refractivity contribution in [1.82, 2.24) is 0 Å². The highest BCUT2D eigenvalue weighted by molar-refractivity contribution is 7.45. The minimum Gasteiger partial charge on any atom is -0.303 e. The highest BCUT2D eigenvalue weighted by atomic mass is 31.2. The Balaban J connectivity index is 0.000000347. The standard InChI is InChI=1S/C12H17F2N.H3O4P/c1-9-2-3-11(15-8-9)10-4-6-12(13,14)7-5-10;1-5(2,3)4/h4,9H,2-3,5-8H2,1H3;(H3,1,2,3,4). The van der Waals surface area contributed by atoms with Crippen LogP contribution in [-0.2, 0) is 4.57 Å². The van der Waals surface area contributed by atoms with E-state index in [2.05, 4.69) is 11.9 Å². The Labute approximate surface area is 116 Å². The number of hydrogen-bond acceptors (Lipinski definition) is 2. The monoisotopic (exact) mass is 311 g/mol. The summed E-state index contributed by atoms with van der Waals surface area (Å²) in [7, 11) is -4.64. The van der Waals surface area contributed by atoms with Crippen LogP contribution in [0.5, 0.6) is 0 Å². The molecule has 0 aromatic carbocycles. The topological polar surface area (TPSA) is 90.1 Å². The molecule has 0 bridgehead atoms. The quantitative estimate of drug-likeness (QED) is 0.649. The summed E-state index contributed by atoms with van der Waals surface area (Å²) in [6.07, 6.45) is 4.20. The lowest BCUT2D eigenvalue weighted by molar-refractivity contribution is -0.00797. The number of allylic oxidation sites excluding steroid dienone is 2. The number of nitrogens with zero attached hydrogens (tertiary/aromatic N) is 1. The van der Waals surface area contributed by atoms with Crippen molar-refractivity contribution in [2.45, 2.75) is 45.0 Å². The lowest BCUT2D eigenvalue weighted by atomic mass is 9.88. The van der Waals surface area contributed by atoms with Crippen molar-refractivity contribution >= 4 is 13.5 Å². The van der Waals surface area contributed by atoms with E-state index < -0.39 is 13.7 Å². The smallest absolute Gasteiger partial charge is 0.303 e. The van der Waals surface area contributed by atoms with E-state index in [-0.39, 0.29) is 12.8 Å². The molecule has 0 radical (unpaired) electrons. The molecular weight excluding hydrogens is 291 g/mol. The van der Waals surface area contributed by atoms with Gasteiger partial charge in [0.15, 0.2) is 0 Å². The van der Waals surface area contributed by atoms with Gasteiger partial charge in [-0.25, -0.2) is 13.3 Å². The third kappa shape index (κ3) is 7.24. The Hall–Kier alpha value is -0.620. The number of aliphatic imine (C=N–C) groups is 1. The Morgan fingerprint density at radius 3 is 2.35 bits per heavy atom. The third-order valence-corrected chi connectivity index (χ3v) is 3.25. The molecule has 1 atom stereocenters. The molecule has 0 spiro atoms. The molecule has 116 valence electrons. The second-order valence-electron chi connectivity index (χ2n) is 5.23. The SMILES string of the molecule is CC1CCC(C2=CCC(F)(F)CC2)=NC1.O=P(O)(O)O. The summed E-state index contributed by atoms with van der Waals surface area (Å²) in [6, 6.07) is 0. The van der Waals surface area contributed by atoms with Gasteiger partial charge in [0.25, 0.3) is 5.92 Å². The Kier molecular flexibility index (Phi) is 6.01. The largest absolute Gasteiger partial charge is 0.466 e.